The zero-order chi connectivity index (χ0) is 15.8. The van der Waals surface area contributed by atoms with Crippen LogP contribution in [0.4, 0.5) is 4.39 Å². The van der Waals surface area contributed by atoms with Crippen molar-refractivity contribution in [3.05, 3.63) is 28.5 Å². The number of benzene rings is 1. The minimum atomic E-state index is -4.33. The third kappa shape index (κ3) is 3.03. The van der Waals surface area contributed by atoms with E-state index in [1.165, 1.54) is 0 Å². The lowest BCUT2D eigenvalue weighted by atomic mass is 9.78. The SMILES string of the molecule is O=C(O)c1cc(Cl)cc(S(=O)(=O)NC2(CO)CCC2)c1F. The summed E-state index contributed by atoms with van der Waals surface area (Å²) in [5.41, 5.74) is -1.84. The van der Waals surface area contributed by atoms with Gasteiger partial charge in [0.1, 0.15) is 4.90 Å². The van der Waals surface area contributed by atoms with Crippen molar-refractivity contribution >= 4 is 27.6 Å². The fourth-order valence-corrected chi connectivity index (χ4v) is 4.01. The third-order valence-corrected chi connectivity index (χ3v) is 5.28. The van der Waals surface area contributed by atoms with Crippen LogP contribution in [0.25, 0.3) is 0 Å². The highest BCUT2D eigenvalue weighted by Gasteiger charge is 2.41. The van der Waals surface area contributed by atoms with Crippen LogP contribution in [0, 0.1) is 5.82 Å². The fourth-order valence-electron chi connectivity index (χ4n) is 2.15. The molecule has 0 spiro atoms. The Balaban J connectivity index is 2.47. The van der Waals surface area contributed by atoms with Crippen molar-refractivity contribution in [2.45, 2.75) is 29.7 Å². The summed E-state index contributed by atoms with van der Waals surface area (Å²) in [7, 11) is -4.33. The van der Waals surface area contributed by atoms with Crippen LogP contribution in [0.2, 0.25) is 5.02 Å². The third-order valence-electron chi connectivity index (χ3n) is 3.49. The maximum absolute atomic E-state index is 14.1. The molecule has 0 heterocycles. The summed E-state index contributed by atoms with van der Waals surface area (Å²) in [4.78, 5) is 10.1. The molecule has 9 heteroatoms. The van der Waals surface area contributed by atoms with Crippen LogP contribution in [-0.2, 0) is 10.0 Å². The lowest BCUT2D eigenvalue weighted by Gasteiger charge is -2.40. The smallest absolute Gasteiger partial charge is 0.338 e. The van der Waals surface area contributed by atoms with E-state index in [-0.39, 0.29) is 5.02 Å². The second kappa shape index (κ2) is 5.53. The summed E-state index contributed by atoms with van der Waals surface area (Å²) in [6.07, 6.45) is 1.59. The van der Waals surface area contributed by atoms with Gasteiger partial charge in [0.25, 0.3) is 0 Å². The Hall–Kier alpha value is -1.22. The molecule has 0 aliphatic heterocycles. The number of nitrogens with one attached hydrogen (secondary N) is 1. The number of aromatic carboxylic acids is 1. The molecule has 1 aromatic carbocycles. The second-order valence-corrected chi connectivity index (χ2v) is 7.06. The van der Waals surface area contributed by atoms with Crippen LogP contribution in [0.15, 0.2) is 17.0 Å². The van der Waals surface area contributed by atoms with Crippen LogP contribution in [0.3, 0.4) is 0 Å². The summed E-state index contributed by atoms with van der Waals surface area (Å²) in [6, 6.07) is 1.68. The van der Waals surface area contributed by atoms with E-state index in [9.17, 15) is 22.7 Å². The molecule has 21 heavy (non-hydrogen) atoms. The lowest BCUT2D eigenvalue weighted by molar-refractivity contribution is 0.0691. The van der Waals surface area contributed by atoms with E-state index in [4.69, 9.17) is 16.7 Å². The van der Waals surface area contributed by atoms with Crippen LogP contribution in [0.5, 0.6) is 0 Å². The first kappa shape index (κ1) is 16.2. The van der Waals surface area contributed by atoms with Gasteiger partial charge in [0, 0.05) is 5.02 Å². The molecule has 0 unspecified atom stereocenters. The molecule has 6 nitrogen and oxygen atoms in total. The van der Waals surface area contributed by atoms with Crippen LogP contribution in [0.1, 0.15) is 29.6 Å². The monoisotopic (exact) mass is 337 g/mol. The van der Waals surface area contributed by atoms with Gasteiger partial charge in [0.05, 0.1) is 17.7 Å². The summed E-state index contributed by atoms with van der Waals surface area (Å²) in [6.45, 7) is -0.416. The molecule has 3 N–H and O–H groups in total. The fraction of sp³-hybridized carbons (Fsp3) is 0.417. The summed E-state index contributed by atoms with van der Waals surface area (Å²) >= 11 is 5.65. The zero-order valence-electron chi connectivity index (χ0n) is 10.8. The van der Waals surface area contributed by atoms with Gasteiger partial charge in [-0.15, -0.1) is 0 Å². The van der Waals surface area contributed by atoms with Crippen molar-refractivity contribution in [3.8, 4) is 0 Å². The highest BCUT2D eigenvalue weighted by molar-refractivity contribution is 7.89. The first-order chi connectivity index (χ1) is 9.71. The van der Waals surface area contributed by atoms with Crippen molar-refractivity contribution in [1.29, 1.82) is 0 Å². The Bertz CT molecular complexity index is 682. The predicted molar refractivity (Wildman–Crippen MR) is 72.4 cm³/mol. The molecule has 1 aliphatic rings. The molecule has 0 saturated heterocycles. The average Bonchev–Trinajstić information content (AvgIpc) is 2.35. The Morgan fingerprint density at radius 1 is 1.43 bits per heavy atom. The molecule has 2 rings (SSSR count). The normalized spacial score (nSPS) is 17.3. The largest absolute Gasteiger partial charge is 0.478 e. The molecule has 1 aromatic rings. The second-order valence-electron chi connectivity index (χ2n) is 4.97. The van der Waals surface area contributed by atoms with E-state index in [1.807, 2.05) is 0 Å². The quantitative estimate of drug-likeness (QED) is 0.753. The molecular formula is C12H13ClFNO5S. The van der Waals surface area contributed by atoms with Gasteiger partial charge in [0.2, 0.25) is 10.0 Å². The van der Waals surface area contributed by atoms with Gasteiger partial charge in [-0.05, 0) is 31.4 Å². The van der Waals surface area contributed by atoms with E-state index in [0.717, 1.165) is 18.6 Å². The molecule has 1 fully saturated rings. The average molecular weight is 338 g/mol. The molecule has 1 aliphatic carbocycles. The minimum Gasteiger partial charge on any atom is -0.478 e. The van der Waals surface area contributed by atoms with E-state index in [2.05, 4.69) is 4.72 Å². The Morgan fingerprint density at radius 2 is 2.05 bits per heavy atom. The molecule has 0 aromatic heterocycles. The van der Waals surface area contributed by atoms with Crippen molar-refractivity contribution in [1.82, 2.24) is 4.72 Å². The van der Waals surface area contributed by atoms with Gasteiger partial charge < -0.3 is 10.2 Å². The van der Waals surface area contributed by atoms with Crippen molar-refractivity contribution in [2.75, 3.05) is 6.61 Å². The number of aliphatic hydroxyl groups excluding tert-OH is 1. The number of aliphatic hydroxyl groups is 1. The number of rotatable bonds is 5. The van der Waals surface area contributed by atoms with E-state index in [0.29, 0.717) is 12.8 Å². The summed E-state index contributed by atoms with van der Waals surface area (Å²) < 4.78 is 40.8. The number of halogens is 2. The standard InChI is InChI=1S/C12H13ClFNO5S/c13-7-4-8(11(17)18)10(14)9(5-7)21(19,20)15-12(6-16)2-1-3-12/h4-5,15-16H,1-3,6H2,(H,17,18). The first-order valence-corrected chi connectivity index (χ1v) is 7.94. The van der Waals surface area contributed by atoms with E-state index < -0.39 is 44.4 Å². The Kier molecular flexibility index (Phi) is 4.25. The van der Waals surface area contributed by atoms with Crippen LogP contribution < -0.4 is 4.72 Å². The molecule has 0 radical (unpaired) electrons. The number of sulfonamides is 1. The van der Waals surface area contributed by atoms with Crippen LogP contribution >= 0.6 is 11.6 Å². The number of carbonyl (C=O) groups is 1. The first-order valence-electron chi connectivity index (χ1n) is 6.08. The summed E-state index contributed by atoms with van der Waals surface area (Å²) in [5.74, 6) is -3.00. The molecule has 116 valence electrons. The molecule has 0 atom stereocenters. The maximum Gasteiger partial charge on any atom is 0.338 e. The maximum atomic E-state index is 14.1. The van der Waals surface area contributed by atoms with Crippen molar-refractivity contribution < 1.29 is 27.8 Å². The molecule has 0 amide bonds. The van der Waals surface area contributed by atoms with Gasteiger partial charge in [0.15, 0.2) is 5.82 Å². The van der Waals surface area contributed by atoms with Gasteiger partial charge in [-0.3, -0.25) is 0 Å². The number of carboxylic acid groups (broad SMARTS) is 1. The lowest BCUT2D eigenvalue weighted by Crippen LogP contribution is -2.56. The topological polar surface area (TPSA) is 104 Å². The highest BCUT2D eigenvalue weighted by atomic mass is 35.5. The predicted octanol–water partition coefficient (Wildman–Crippen LogP) is 1.37. The number of hydrogen-bond acceptors (Lipinski definition) is 4. The van der Waals surface area contributed by atoms with E-state index >= 15 is 0 Å². The van der Waals surface area contributed by atoms with Gasteiger partial charge in [-0.2, -0.15) is 0 Å². The van der Waals surface area contributed by atoms with Crippen molar-refractivity contribution in [2.24, 2.45) is 0 Å². The molecule has 1 saturated carbocycles. The number of carboxylic acids is 1. The zero-order valence-corrected chi connectivity index (χ0v) is 12.3. The molecule has 0 bridgehead atoms. The number of hydrogen-bond donors (Lipinski definition) is 3. The molecular weight excluding hydrogens is 325 g/mol. The van der Waals surface area contributed by atoms with Crippen molar-refractivity contribution in [3.63, 3.8) is 0 Å². The van der Waals surface area contributed by atoms with Gasteiger partial charge in [-0.25, -0.2) is 22.3 Å². The Morgan fingerprint density at radius 3 is 2.48 bits per heavy atom. The minimum absolute atomic E-state index is 0.208. The Labute approximate surface area is 125 Å². The van der Waals surface area contributed by atoms with E-state index in [1.54, 1.807) is 0 Å². The highest BCUT2D eigenvalue weighted by Crippen LogP contribution is 2.34. The van der Waals surface area contributed by atoms with Crippen LogP contribution in [-0.4, -0.2) is 36.7 Å². The van der Waals surface area contributed by atoms with Gasteiger partial charge >= 0.3 is 5.97 Å². The summed E-state index contributed by atoms with van der Waals surface area (Å²) in [5, 5.41) is 17.9. The van der Waals surface area contributed by atoms with Gasteiger partial charge in [-0.1, -0.05) is 11.6 Å².